The van der Waals surface area contributed by atoms with Gasteiger partial charge in [0, 0.05) is 37.1 Å². The number of ether oxygens (including phenoxy) is 1. The molecule has 2 atom stereocenters. The summed E-state index contributed by atoms with van der Waals surface area (Å²) in [5, 5.41) is 9.93. The highest BCUT2D eigenvalue weighted by atomic mass is 28.3. The molecule has 1 aliphatic rings. The van der Waals surface area contributed by atoms with E-state index in [0.717, 1.165) is 28.6 Å². The third kappa shape index (κ3) is 5.35. The largest absolute Gasteiger partial charge is 0.494 e. The van der Waals surface area contributed by atoms with Crippen LogP contribution in [0.5, 0.6) is 5.75 Å². The van der Waals surface area contributed by atoms with Crippen LogP contribution in [0.25, 0.3) is 5.82 Å². The number of anilines is 1. The normalized spacial score (nSPS) is 18.0. The molecule has 1 fully saturated rings. The first-order chi connectivity index (χ1) is 15.4. The van der Waals surface area contributed by atoms with Crippen LogP contribution in [0.15, 0.2) is 24.4 Å². The van der Waals surface area contributed by atoms with Crippen molar-refractivity contribution in [2.75, 3.05) is 31.6 Å². The zero-order valence-electron chi connectivity index (χ0n) is 21.1. The Morgan fingerprint density at radius 1 is 1.21 bits per heavy atom. The molecule has 1 aliphatic heterocycles. The Kier molecular flexibility index (Phi) is 7.43. The van der Waals surface area contributed by atoms with Gasteiger partial charge in [-0.05, 0) is 44.5 Å². The second-order valence-electron chi connectivity index (χ2n) is 10.1. The Bertz CT molecular complexity index is 966. The smallest absolute Gasteiger partial charge is 0.407 e. The van der Waals surface area contributed by atoms with E-state index in [0.29, 0.717) is 19.6 Å². The van der Waals surface area contributed by atoms with Crippen LogP contribution in [0.1, 0.15) is 32.2 Å². The average Bonchev–Trinajstić information content (AvgIpc) is 3.08. The van der Waals surface area contributed by atoms with Gasteiger partial charge in [-0.25, -0.2) is 9.78 Å². The number of carboxylic acid groups (broad SMARTS) is 1. The minimum absolute atomic E-state index is 0.200. The van der Waals surface area contributed by atoms with E-state index in [2.05, 4.69) is 69.3 Å². The summed E-state index contributed by atoms with van der Waals surface area (Å²) in [6.45, 7) is 16.2. The van der Waals surface area contributed by atoms with Crippen LogP contribution in [0.4, 0.5) is 10.5 Å². The van der Waals surface area contributed by atoms with Crippen molar-refractivity contribution >= 4 is 20.8 Å². The number of nitrogens with zero attached hydrogens (tertiary/aromatic N) is 4. The van der Waals surface area contributed by atoms with Gasteiger partial charge in [-0.1, -0.05) is 20.8 Å². The Labute approximate surface area is 198 Å². The quantitative estimate of drug-likeness (QED) is 0.636. The molecule has 2 aromatic rings. The first-order valence-electron chi connectivity index (χ1n) is 11.5. The summed E-state index contributed by atoms with van der Waals surface area (Å²) < 4.78 is 14.3. The number of carbonyl (C=O) groups is 1. The summed E-state index contributed by atoms with van der Waals surface area (Å²) in [5.41, 5.74) is 2.88. The van der Waals surface area contributed by atoms with Crippen molar-refractivity contribution in [2.45, 2.75) is 59.9 Å². The molecule has 1 N–H and O–H groups in total. The molecule has 0 saturated carbocycles. The van der Waals surface area contributed by atoms with Gasteiger partial charge >= 0.3 is 6.09 Å². The van der Waals surface area contributed by atoms with Crippen LogP contribution in [0, 0.1) is 19.3 Å². The summed E-state index contributed by atoms with van der Waals surface area (Å²) in [7, 11) is 0.270. The summed E-state index contributed by atoms with van der Waals surface area (Å²) in [4.78, 5) is 20.6. The standard InChI is InChI=1S/C24H38N4O4Si/c1-16-9-10-17(2)28(16)21-13-20(31-6)18(14-25-21)26-11-12-27(23(29)30)19(15-26)22(24(3,4)5)32-33(7)8/h9-10,13-14,19,22,33H,11-12,15H2,1-8H3,(H,29,30)/t19-,22?/m0/s1. The Morgan fingerprint density at radius 2 is 1.85 bits per heavy atom. The lowest BCUT2D eigenvalue weighted by atomic mass is 9.83. The maximum Gasteiger partial charge on any atom is 0.407 e. The molecule has 0 spiro atoms. The van der Waals surface area contributed by atoms with Gasteiger partial charge in [-0.3, -0.25) is 4.90 Å². The molecule has 0 radical (unpaired) electrons. The lowest BCUT2D eigenvalue weighted by molar-refractivity contribution is -0.00167. The lowest BCUT2D eigenvalue weighted by Gasteiger charge is -2.48. The number of pyridine rings is 1. The number of hydrogen-bond donors (Lipinski definition) is 1. The lowest BCUT2D eigenvalue weighted by Crippen LogP contribution is -2.62. The molecule has 9 heteroatoms. The fourth-order valence-electron chi connectivity index (χ4n) is 4.66. The number of piperazine rings is 1. The van der Waals surface area contributed by atoms with Crippen molar-refractivity contribution in [3.05, 3.63) is 35.8 Å². The van der Waals surface area contributed by atoms with Crippen LogP contribution in [-0.4, -0.2) is 73.6 Å². The second-order valence-corrected chi connectivity index (χ2v) is 12.5. The molecular formula is C24H38N4O4Si. The SMILES string of the molecule is COc1cc(-n2c(C)ccc2C)ncc1N1CCN(C(=O)O)[C@H](C(O[SiH](C)C)C(C)(C)C)C1. The zero-order valence-corrected chi connectivity index (χ0v) is 22.3. The van der Waals surface area contributed by atoms with E-state index >= 15 is 0 Å². The van der Waals surface area contributed by atoms with E-state index in [1.165, 1.54) is 0 Å². The summed E-state index contributed by atoms with van der Waals surface area (Å²) in [5.74, 6) is 1.53. The Balaban J connectivity index is 1.97. The van der Waals surface area contributed by atoms with E-state index < -0.39 is 15.1 Å². The number of rotatable bonds is 6. The van der Waals surface area contributed by atoms with Gasteiger partial charge in [-0.15, -0.1) is 0 Å². The monoisotopic (exact) mass is 474 g/mol. The van der Waals surface area contributed by atoms with Crippen molar-refractivity contribution in [2.24, 2.45) is 5.41 Å². The number of hydrogen-bond acceptors (Lipinski definition) is 5. The number of methoxy groups -OCH3 is 1. The van der Waals surface area contributed by atoms with Crippen molar-refractivity contribution in [3.63, 3.8) is 0 Å². The van der Waals surface area contributed by atoms with Gasteiger partial charge in [0.2, 0.25) is 0 Å². The first-order valence-corrected chi connectivity index (χ1v) is 14.3. The molecule has 1 saturated heterocycles. The van der Waals surface area contributed by atoms with E-state index in [4.69, 9.17) is 14.1 Å². The molecular weight excluding hydrogens is 436 g/mol. The minimum Gasteiger partial charge on any atom is -0.494 e. The molecule has 182 valence electrons. The molecule has 0 aliphatic carbocycles. The van der Waals surface area contributed by atoms with Crippen LogP contribution in [0.2, 0.25) is 13.1 Å². The summed E-state index contributed by atoms with van der Waals surface area (Å²) in [6.07, 6.45) is 0.735. The summed E-state index contributed by atoms with van der Waals surface area (Å²) >= 11 is 0. The maximum atomic E-state index is 12.1. The number of aromatic nitrogens is 2. The molecule has 3 heterocycles. The van der Waals surface area contributed by atoms with Crippen molar-refractivity contribution < 1.29 is 19.1 Å². The van der Waals surface area contributed by atoms with Gasteiger partial charge in [0.15, 0.2) is 9.04 Å². The molecule has 1 amide bonds. The van der Waals surface area contributed by atoms with Crippen molar-refractivity contribution in [1.29, 1.82) is 0 Å². The van der Waals surface area contributed by atoms with Gasteiger partial charge in [0.05, 0.1) is 31.1 Å². The highest BCUT2D eigenvalue weighted by molar-refractivity contribution is 6.48. The van der Waals surface area contributed by atoms with E-state index in [-0.39, 0.29) is 17.6 Å². The second kappa shape index (κ2) is 9.76. The average molecular weight is 475 g/mol. The van der Waals surface area contributed by atoms with Crippen LogP contribution >= 0.6 is 0 Å². The van der Waals surface area contributed by atoms with Crippen molar-refractivity contribution in [3.8, 4) is 11.6 Å². The van der Waals surface area contributed by atoms with Crippen LogP contribution in [-0.2, 0) is 4.43 Å². The molecule has 8 nitrogen and oxygen atoms in total. The van der Waals surface area contributed by atoms with Gasteiger partial charge in [0.1, 0.15) is 11.6 Å². The fourth-order valence-corrected chi connectivity index (χ4v) is 5.84. The first kappa shape index (κ1) is 25.1. The molecule has 0 aromatic carbocycles. The van der Waals surface area contributed by atoms with Crippen LogP contribution < -0.4 is 9.64 Å². The highest BCUT2D eigenvalue weighted by Gasteiger charge is 2.42. The predicted molar refractivity (Wildman–Crippen MR) is 134 cm³/mol. The predicted octanol–water partition coefficient (Wildman–Crippen LogP) is 4.08. The third-order valence-electron chi connectivity index (χ3n) is 6.18. The maximum absolute atomic E-state index is 12.1. The van der Waals surface area contributed by atoms with E-state index in [1.807, 2.05) is 12.3 Å². The molecule has 1 unspecified atom stereocenters. The molecule has 2 aromatic heterocycles. The zero-order chi connectivity index (χ0) is 24.5. The van der Waals surface area contributed by atoms with E-state index in [9.17, 15) is 9.90 Å². The topological polar surface area (TPSA) is 80.1 Å². The van der Waals surface area contributed by atoms with Gasteiger partial charge in [-0.2, -0.15) is 0 Å². The van der Waals surface area contributed by atoms with E-state index in [1.54, 1.807) is 12.0 Å². The number of aryl methyl sites for hydroxylation is 2. The Hall–Kier alpha value is -2.52. The molecule has 0 bridgehead atoms. The Morgan fingerprint density at radius 3 is 2.36 bits per heavy atom. The molecule has 33 heavy (non-hydrogen) atoms. The number of amides is 1. The van der Waals surface area contributed by atoms with Crippen molar-refractivity contribution in [1.82, 2.24) is 14.5 Å². The summed E-state index contributed by atoms with van der Waals surface area (Å²) in [6, 6.07) is 5.80. The minimum atomic E-state index is -1.39. The highest BCUT2D eigenvalue weighted by Crippen LogP contribution is 2.35. The molecule has 3 rings (SSSR count). The van der Waals surface area contributed by atoms with Gasteiger partial charge in [0.25, 0.3) is 0 Å². The van der Waals surface area contributed by atoms with Crippen LogP contribution in [0.3, 0.4) is 0 Å². The third-order valence-corrected chi connectivity index (χ3v) is 7.02. The van der Waals surface area contributed by atoms with Gasteiger partial charge < -0.3 is 23.7 Å². The fraction of sp³-hybridized carbons (Fsp3) is 0.583.